The fourth-order valence-corrected chi connectivity index (χ4v) is 4.77. The van der Waals surface area contributed by atoms with Crippen molar-refractivity contribution < 1.29 is 13.2 Å². The van der Waals surface area contributed by atoms with E-state index in [4.69, 9.17) is 0 Å². The quantitative estimate of drug-likeness (QED) is 0.526. The van der Waals surface area contributed by atoms with Crippen LogP contribution in [0, 0.1) is 6.92 Å². The molecule has 1 amide bonds. The number of thiophene rings is 1. The first-order chi connectivity index (χ1) is 14.3. The van der Waals surface area contributed by atoms with E-state index in [1.165, 1.54) is 20.2 Å². The van der Waals surface area contributed by atoms with E-state index in [2.05, 4.69) is 0 Å². The molecule has 0 unspecified atom stereocenters. The van der Waals surface area contributed by atoms with Gasteiger partial charge in [0.2, 0.25) is 10.0 Å². The summed E-state index contributed by atoms with van der Waals surface area (Å²) in [6, 6.07) is 18.8. The topological polar surface area (TPSA) is 57.7 Å². The number of aryl methyl sites for hydroxylation is 1. The van der Waals surface area contributed by atoms with E-state index in [0.29, 0.717) is 18.7 Å². The number of carbonyl (C=O) groups excluding carboxylic acids is 1. The van der Waals surface area contributed by atoms with Crippen molar-refractivity contribution in [2.24, 2.45) is 0 Å². The molecular formula is C23H26N2O3S2. The molecule has 0 saturated heterocycles. The number of hydrogen-bond donors (Lipinski definition) is 0. The van der Waals surface area contributed by atoms with Gasteiger partial charge in [0.25, 0.3) is 5.91 Å². The Labute approximate surface area is 182 Å². The summed E-state index contributed by atoms with van der Waals surface area (Å²) in [5, 5.41) is 1.99. The second kappa shape index (κ2) is 9.55. The molecule has 5 nitrogen and oxygen atoms in total. The fourth-order valence-electron chi connectivity index (χ4n) is 3.12. The van der Waals surface area contributed by atoms with E-state index >= 15 is 0 Å². The standard InChI is InChI=1S/C23H26N2O3S2/c1-18-11-12-21(30(27,28)24(2)3)16-22(18)23(26)25(17-20-10-7-15-29-20)14-13-19-8-5-4-6-9-19/h4-12,15-16H,13-14,17H2,1-3H3. The molecule has 0 saturated carbocycles. The summed E-state index contributed by atoms with van der Waals surface area (Å²) in [5.41, 5.74) is 2.33. The Hall–Kier alpha value is -2.48. The third-order valence-corrected chi connectivity index (χ3v) is 7.62. The van der Waals surface area contributed by atoms with Crippen molar-refractivity contribution in [3.05, 3.63) is 87.6 Å². The molecule has 0 N–H and O–H groups in total. The van der Waals surface area contributed by atoms with Crippen LogP contribution in [0.15, 0.2) is 70.9 Å². The Morgan fingerprint density at radius 2 is 1.73 bits per heavy atom. The van der Waals surface area contributed by atoms with Crippen LogP contribution in [0.25, 0.3) is 0 Å². The van der Waals surface area contributed by atoms with Gasteiger partial charge in [0, 0.05) is 31.1 Å². The minimum atomic E-state index is -3.62. The predicted molar refractivity (Wildman–Crippen MR) is 121 cm³/mol. The van der Waals surface area contributed by atoms with Crippen LogP contribution in [0.3, 0.4) is 0 Å². The van der Waals surface area contributed by atoms with Crippen LogP contribution in [0.4, 0.5) is 0 Å². The van der Waals surface area contributed by atoms with Crippen LogP contribution in [-0.2, 0) is 23.0 Å². The van der Waals surface area contributed by atoms with Crippen LogP contribution >= 0.6 is 11.3 Å². The monoisotopic (exact) mass is 442 g/mol. The summed E-state index contributed by atoms with van der Waals surface area (Å²) in [4.78, 5) is 16.5. The van der Waals surface area contributed by atoms with Crippen molar-refractivity contribution >= 4 is 27.3 Å². The number of carbonyl (C=O) groups is 1. The van der Waals surface area contributed by atoms with E-state index in [1.807, 2.05) is 54.8 Å². The number of sulfonamides is 1. The third kappa shape index (κ3) is 5.16. The zero-order valence-electron chi connectivity index (χ0n) is 17.4. The molecule has 0 atom stereocenters. The Bertz CT molecular complexity index is 1090. The smallest absolute Gasteiger partial charge is 0.254 e. The number of nitrogens with zero attached hydrogens (tertiary/aromatic N) is 2. The van der Waals surface area contributed by atoms with E-state index in [1.54, 1.807) is 28.4 Å². The minimum absolute atomic E-state index is 0.126. The highest BCUT2D eigenvalue weighted by molar-refractivity contribution is 7.89. The fraction of sp³-hybridized carbons (Fsp3) is 0.261. The molecule has 30 heavy (non-hydrogen) atoms. The first-order valence-electron chi connectivity index (χ1n) is 9.68. The van der Waals surface area contributed by atoms with Gasteiger partial charge in [0.1, 0.15) is 0 Å². The van der Waals surface area contributed by atoms with Gasteiger partial charge >= 0.3 is 0 Å². The second-order valence-corrected chi connectivity index (χ2v) is 10.5. The van der Waals surface area contributed by atoms with Crippen molar-refractivity contribution in [2.45, 2.75) is 24.8 Å². The molecular weight excluding hydrogens is 416 g/mol. The highest BCUT2D eigenvalue weighted by Crippen LogP contribution is 2.21. The SMILES string of the molecule is Cc1ccc(S(=O)(=O)N(C)C)cc1C(=O)N(CCc1ccccc1)Cc1cccs1. The highest BCUT2D eigenvalue weighted by atomic mass is 32.2. The van der Waals surface area contributed by atoms with Gasteiger partial charge in [-0.1, -0.05) is 42.5 Å². The minimum Gasteiger partial charge on any atom is -0.333 e. The molecule has 0 spiro atoms. The van der Waals surface area contributed by atoms with Crippen LogP contribution < -0.4 is 0 Å². The molecule has 0 aliphatic rings. The van der Waals surface area contributed by atoms with E-state index < -0.39 is 10.0 Å². The second-order valence-electron chi connectivity index (χ2n) is 7.31. The maximum atomic E-state index is 13.5. The maximum Gasteiger partial charge on any atom is 0.254 e. The van der Waals surface area contributed by atoms with Crippen molar-refractivity contribution in [1.29, 1.82) is 0 Å². The van der Waals surface area contributed by atoms with Gasteiger partial charge in [0.05, 0.1) is 11.4 Å². The van der Waals surface area contributed by atoms with Gasteiger partial charge in [-0.3, -0.25) is 4.79 Å². The zero-order valence-corrected chi connectivity index (χ0v) is 19.0. The Morgan fingerprint density at radius 1 is 1.00 bits per heavy atom. The highest BCUT2D eigenvalue weighted by Gasteiger charge is 2.23. The zero-order chi connectivity index (χ0) is 21.7. The molecule has 0 aliphatic carbocycles. The summed E-state index contributed by atoms with van der Waals surface area (Å²) in [5.74, 6) is -0.160. The molecule has 0 fully saturated rings. The van der Waals surface area contributed by atoms with Gasteiger partial charge in [0.15, 0.2) is 0 Å². The first kappa shape index (κ1) is 22.2. The van der Waals surface area contributed by atoms with Crippen LogP contribution in [-0.4, -0.2) is 44.2 Å². The van der Waals surface area contributed by atoms with Gasteiger partial charge < -0.3 is 4.90 Å². The summed E-state index contributed by atoms with van der Waals surface area (Å²) in [7, 11) is -0.644. The van der Waals surface area contributed by atoms with Gasteiger partial charge in [-0.05, 0) is 48.1 Å². The summed E-state index contributed by atoms with van der Waals surface area (Å²) in [6.45, 7) is 2.87. The van der Waals surface area contributed by atoms with Crippen LogP contribution in [0.1, 0.15) is 26.4 Å². The average Bonchev–Trinajstić information content (AvgIpc) is 3.24. The molecule has 0 aliphatic heterocycles. The molecule has 158 valence electrons. The lowest BCUT2D eigenvalue weighted by molar-refractivity contribution is 0.0745. The molecule has 3 rings (SSSR count). The Morgan fingerprint density at radius 3 is 2.37 bits per heavy atom. The van der Waals surface area contributed by atoms with Crippen molar-refractivity contribution in [3.8, 4) is 0 Å². The largest absolute Gasteiger partial charge is 0.333 e. The van der Waals surface area contributed by atoms with E-state index in [0.717, 1.165) is 26.7 Å². The van der Waals surface area contributed by atoms with Crippen molar-refractivity contribution in [3.63, 3.8) is 0 Å². The lowest BCUT2D eigenvalue weighted by Crippen LogP contribution is -2.33. The molecule has 0 radical (unpaired) electrons. The van der Waals surface area contributed by atoms with Crippen molar-refractivity contribution in [2.75, 3.05) is 20.6 Å². The molecule has 0 bridgehead atoms. The van der Waals surface area contributed by atoms with E-state index in [-0.39, 0.29) is 10.8 Å². The number of hydrogen-bond acceptors (Lipinski definition) is 4. The lowest BCUT2D eigenvalue weighted by atomic mass is 10.1. The average molecular weight is 443 g/mol. The molecule has 1 heterocycles. The normalized spacial score (nSPS) is 11.6. The van der Waals surface area contributed by atoms with Gasteiger partial charge in [-0.2, -0.15) is 0 Å². The molecule has 3 aromatic rings. The number of amides is 1. The Balaban J connectivity index is 1.91. The predicted octanol–water partition coefficient (Wildman–Crippen LogP) is 4.19. The third-order valence-electron chi connectivity index (χ3n) is 4.95. The molecule has 1 aromatic heterocycles. The maximum absolute atomic E-state index is 13.5. The lowest BCUT2D eigenvalue weighted by Gasteiger charge is -2.24. The summed E-state index contributed by atoms with van der Waals surface area (Å²) < 4.78 is 26.3. The molecule has 7 heteroatoms. The van der Waals surface area contributed by atoms with Crippen LogP contribution in [0.5, 0.6) is 0 Å². The van der Waals surface area contributed by atoms with Crippen molar-refractivity contribution in [1.82, 2.24) is 9.21 Å². The van der Waals surface area contributed by atoms with Crippen LogP contribution in [0.2, 0.25) is 0 Å². The molecule has 2 aromatic carbocycles. The van der Waals surface area contributed by atoms with E-state index in [9.17, 15) is 13.2 Å². The number of benzene rings is 2. The first-order valence-corrected chi connectivity index (χ1v) is 12.0. The van der Waals surface area contributed by atoms with Gasteiger partial charge in [-0.15, -0.1) is 11.3 Å². The summed E-state index contributed by atoms with van der Waals surface area (Å²) in [6.07, 6.45) is 0.729. The Kier molecular flexibility index (Phi) is 7.07. The summed E-state index contributed by atoms with van der Waals surface area (Å²) >= 11 is 1.60. The number of rotatable bonds is 8. The van der Waals surface area contributed by atoms with Gasteiger partial charge in [-0.25, -0.2) is 12.7 Å².